The zero-order chi connectivity index (χ0) is 19.9. The van der Waals surface area contributed by atoms with Crippen molar-refractivity contribution in [2.75, 3.05) is 18.5 Å². The zero-order valence-electron chi connectivity index (χ0n) is 15.5. The Bertz CT molecular complexity index is 1000. The largest absolute Gasteiger partial charge is 0.485 e. The van der Waals surface area contributed by atoms with E-state index >= 15 is 0 Å². The molecule has 0 aliphatic carbocycles. The topological polar surface area (TPSA) is 97.8 Å². The summed E-state index contributed by atoms with van der Waals surface area (Å²) < 4.78 is 37.6. The molecule has 0 saturated carbocycles. The van der Waals surface area contributed by atoms with Gasteiger partial charge in [0.05, 0.1) is 10.9 Å². The molecule has 1 aromatic carbocycles. The van der Waals surface area contributed by atoms with Crippen molar-refractivity contribution >= 4 is 32.4 Å². The molecule has 150 valence electrons. The van der Waals surface area contributed by atoms with E-state index < -0.39 is 21.4 Å². The van der Waals surface area contributed by atoms with Gasteiger partial charge in [-0.3, -0.25) is 10.1 Å². The Hall–Kier alpha value is -2.17. The Kier molecular flexibility index (Phi) is 5.02. The number of fused-ring (bicyclic) bond motifs is 2. The number of aromatic nitrogens is 1. The Balaban J connectivity index is 1.44. The van der Waals surface area contributed by atoms with Gasteiger partial charge in [-0.1, -0.05) is 12.1 Å². The normalized spacial score (nSPS) is 19.3. The van der Waals surface area contributed by atoms with Crippen molar-refractivity contribution in [1.29, 1.82) is 0 Å². The molecular formula is C18H21N3O5S2. The van der Waals surface area contributed by atoms with Crippen LogP contribution in [-0.4, -0.2) is 48.1 Å². The van der Waals surface area contributed by atoms with E-state index in [9.17, 15) is 13.2 Å². The molecule has 28 heavy (non-hydrogen) atoms. The van der Waals surface area contributed by atoms with Crippen molar-refractivity contribution in [3.8, 4) is 11.5 Å². The Morgan fingerprint density at radius 3 is 2.82 bits per heavy atom. The number of benzene rings is 1. The molecule has 2 aliphatic heterocycles. The first-order valence-electron chi connectivity index (χ1n) is 9.01. The zero-order valence-corrected chi connectivity index (χ0v) is 17.2. The number of rotatable bonds is 4. The third-order valence-electron chi connectivity index (χ3n) is 4.68. The summed E-state index contributed by atoms with van der Waals surface area (Å²) in [6.45, 7) is 4.16. The molecule has 2 aromatic rings. The van der Waals surface area contributed by atoms with Gasteiger partial charge in [0.25, 0.3) is 5.91 Å². The van der Waals surface area contributed by atoms with Gasteiger partial charge in [-0.05, 0) is 26.0 Å². The number of sulfonamides is 1. The van der Waals surface area contributed by atoms with Gasteiger partial charge in [0.1, 0.15) is 6.61 Å². The molecule has 1 unspecified atom stereocenters. The predicted molar refractivity (Wildman–Crippen MR) is 105 cm³/mol. The van der Waals surface area contributed by atoms with Gasteiger partial charge < -0.3 is 9.47 Å². The summed E-state index contributed by atoms with van der Waals surface area (Å²) in [7, 11) is -3.31. The highest BCUT2D eigenvalue weighted by atomic mass is 32.2. The van der Waals surface area contributed by atoms with Crippen LogP contribution in [0.1, 0.15) is 24.4 Å². The molecule has 0 fully saturated rings. The van der Waals surface area contributed by atoms with Crippen molar-refractivity contribution in [2.45, 2.75) is 38.2 Å². The van der Waals surface area contributed by atoms with E-state index in [4.69, 9.17) is 9.47 Å². The number of nitrogens with zero attached hydrogens (tertiary/aromatic N) is 2. The van der Waals surface area contributed by atoms with Crippen LogP contribution in [0.15, 0.2) is 24.3 Å². The Morgan fingerprint density at radius 2 is 2.07 bits per heavy atom. The highest BCUT2D eigenvalue weighted by molar-refractivity contribution is 7.89. The first-order valence-corrected chi connectivity index (χ1v) is 11.3. The molecule has 0 bridgehead atoms. The van der Waals surface area contributed by atoms with Crippen LogP contribution in [0.5, 0.6) is 11.5 Å². The summed E-state index contributed by atoms with van der Waals surface area (Å²) in [6.07, 6.45) is -0.238. The average molecular weight is 424 g/mol. The van der Waals surface area contributed by atoms with Crippen LogP contribution in [0.25, 0.3) is 0 Å². The van der Waals surface area contributed by atoms with Crippen molar-refractivity contribution in [3.63, 3.8) is 0 Å². The molecule has 3 heterocycles. The third-order valence-corrected chi connectivity index (χ3v) is 7.90. The third kappa shape index (κ3) is 3.59. The quantitative estimate of drug-likeness (QED) is 0.808. The molecule has 0 saturated heterocycles. The van der Waals surface area contributed by atoms with Crippen LogP contribution in [0, 0.1) is 0 Å². The molecule has 2 aliphatic rings. The highest BCUT2D eigenvalue weighted by Gasteiger charge is 2.32. The summed E-state index contributed by atoms with van der Waals surface area (Å²) in [6, 6.07) is 7.19. The summed E-state index contributed by atoms with van der Waals surface area (Å²) in [5, 5.41) is 2.75. The van der Waals surface area contributed by atoms with Gasteiger partial charge >= 0.3 is 0 Å². The monoisotopic (exact) mass is 423 g/mol. The van der Waals surface area contributed by atoms with E-state index in [0.29, 0.717) is 36.1 Å². The summed E-state index contributed by atoms with van der Waals surface area (Å²) >= 11 is 1.30. The fourth-order valence-electron chi connectivity index (χ4n) is 3.08. The lowest BCUT2D eigenvalue weighted by molar-refractivity contribution is -0.125. The minimum Gasteiger partial charge on any atom is -0.485 e. The van der Waals surface area contributed by atoms with Crippen LogP contribution in [-0.2, 0) is 27.8 Å². The highest BCUT2D eigenvalue weighted by Crippen LogP contribution is 2.33. The van der Waals surface area contributed by atoms with E-state index in [-0.39, 0.29) is 12.5 Å². The van der Waals surface area contributed by atoms with Crippen molar-refractivity contribution in [3.05, 3.63) is 34.8 Å². The molecule has 4 rings (SSSR count). The fourth-order valence-corrected chi connectivity index (χ4v) is 5.44. The maximum absolute atomic E-state index is 12.5. The maximum Gasteiger partial charge on any atom is 0.270 e. The van der Waals surface area contributed by atoms with Crippen molar-refractivity contribution in [1.82, 2.24) is 9.29 Å². The van der Waals surface area contributed by atoms with Gasteiger partial charge in [-0.15, -0.1) is 11.3 Å². The summed E-state index contributed by atoms with van der Waals surface area (Å²) in [5.41, 5.74) is 0.835. The number of hydrogen-bond donors (Lipinski definition) is 1. The Labute approximate surface area is 167 Å². The molecule has 1 aromatic heterocycles. The first kappa shape index (κ1) is 19.2. The van der Waals surface area contributed by atoms with Gasteiger partial charge in [-0.25, -0.2) is 13.4 Å². The number of hydrogen-bond acceptors (Lipinski definition) is 7. The lowest BCUT2D eigenvalue weighted by Crippen LogP contribution is -2.40. The molecule has 0 radical (unpaired) electrons. The fraction of sp³-hybridized carbons (Fsp3) is 0.444. The number of carbonyl (C=O) groups excluding carboxylic acids is 1. The van der Waals surface area contributed by atoms with E-state index in [1.165, 1.54) is 15.6 Å². The molecular weight excluding hydrogens is 402 g/mol. The SMILES string of the molecule is CC(C)S(=O)(=O)N1CCc2nc(NC(=O)C3COc4ccccc4O3)sc2C1. The molecule has 10 heteroatoms. The molecule has 1 amide bonds. The van der Waals surface area contributed by atoms with Crippen LogP contribution >= 0.6 is 11.3 Å². The number of nitrogens with one attached hydrogen (secondary N) is 1. The number of carbonyl (C=O) groups is 1. The second-order valence-electron chi connectivity index (χ2n) is 6.92. The molecule has 8 nitrogen and oxygen atoms in total. The van der Waals surface area contributed by atoms with Gasteiger partial charge in [0.15, 0.2) is 16.6 Å². The molecule has 1 N–H and O–H groups in total. The lowest BCUT2D eigenvalue weighted by atomic mass is 10.2. The van der Waals surface area contributed by atoms with Crippen molar-refractivity contribution in [2.24, 2.45) is 0 Å². The number of amides is 1. The van der Waals surface area contributed by atoms with E-state index in [2.05, 4.69) is 10.3 Å². The summed E-state index contributed by atoms with van der Waals surface area (Å²) in [5.74, 6) is 0.803. The second-order valence-corrected chi connectivity index (χ2v) is 10.5. The van der Waals surface area contributed by atoms with Crippen LogP contribution in [0.2, 0.25) is 0 Å². The number of thiazole rings is 1. The van der Waals surface area contributed by atoms with Crippen molar-refractivity contribution < 1.29 is 22.7 Å². The van der Waals surface area contributed by atoms with Crippen LogP contribution < -0.4 is 14.8 Å². The second kappa shape index (κ2) is 7.34. The molecule has 0 spiro atoms. The standard InChI is InChI=1S/C18H21N3O5S2/c1-11(2)28(23,24)21-8-7-12-16(9-21)27-18(19-12)20-17(22)15-10-25-13-5-3-4-6-14(13)26-15/h3-6,11,15H,7-10H2,1-2H3,(H,19,20,22). The summed E-state index contributed by atoms with van der Waals surface area (Å²) in [4.78, 5) is 17.9. The number of anilines is 1. The van der Waals surface area contributed by atoms with E-state index in [1.807, 2.05) is 12.1 Å². The van der Waals surface area contributed by atoms with Crippen LogP contribution in [0.4, 0.5) is 5.13 Å². The number of ether oxygens (including phenoxy) is 2. The van der Waals surface area contributed by atoms with E-state index in [1.54, 1.807) is 26.0 Å². The lowest BCUT2D eigenvalue weighted by Gasteiger charge is -2.26. The maximum atomic E-state index is 12.5. The van der Waals surface area contributed by atoms with Gasteiger partial charge in [-0.2, -0.15) is 4.31 Å². The minimum atomic E-state index is -3.31. The van der Waals surface area contributed by atoms with Gasteiger partial charge in [0.2, 0.25) is 16.1 Å². The van der Waals surface area contributed by atoms with Crippen LogP contribution in [0.3, 0.4) is 0 Å². The Morgan fingerprint density at radius 1 is 1.32 bits per heavy atom. The number of para-hydroxylation sites is 2. The smallest absolute Gasteiger partial charge is 0.270 e. The molecule has 1 atom stereocenters. The predicted octanol–water partition coefficient (Wildman–Crippen LogP) is 2.02. The minimum absolute atomic E-state index is 0.119. The van der Waals surface area contributed by atoms with Gasteiger partial charge in [0, 0.05) is 24.4 Å². The average Bonchev–Trinajstić information content (AvgIpc) is 3.08. The first-order chi connectivity index (χ1) is 13.3. The van der Waals surface area contributed by atoms with E-state index in [0.717, 1.165) is 10.6 Å².